The third-order valence-corrected chi connectivity index (χ3v) is 5.42. The van der Waals surface area contributed by atoms with Crippen LogP contribution in [-0.4, -0.2) is 52.8 Å². The highest BCUT2D eigenvalue weighted by atomic mass is 16.5. The van der Waals surface area contributed by atoms with Gasteiger partial charge in [0.05, 0.1) is 24.5 Å². The van der Waals surface area contributed by atoms with Crippen molar-refractivity contribution in [3.63, 3.8) is 0 Å². The maximum absolute atomic E-state index is 13.1. The molecule has 0 radical (unpaired) electrons. The minimum atomic E-state index is -1.12. The zero-order chi connectivity index (χ0) is 19.3. The molecule has 2 aromatic rings. The Morgan fingerprint density at radius 2 is 2.17 bits per heavy atom. The molecule has 2 bridgehead atoms. The second-order valence-electron chi connectivity index (χ2n) is 7.16. The highest BCUT2D eigenvalue weighted by molar-refractivity contribution is 6.04. The summed E-state index contributed by atoms with van der Waals surface area (Å²) in [5, 5.41) is 12.1. The highest BCUT2D eigenvalue weighted by Crippen LogP contribution is 2.39. The van der Waals surface area contributed by atoms with Gasteiger partial charge in [0.2, 0.25) is 0 Å². The summed E-state index contributed by atoms with van der Waals surface area (Å²) in [6.07, 6.45) is 4.25. The quantitative estimate of drug-likeness (QED) is 0.802. The fourth-order valence-corrected chi connectivity index (χ4v) is 4.08. The summed E-state index contributed by atoms with van der Waals surface area (Å²) in [4.78, 5) is 36.7. The van der Waals surface area contributed by atoms with Gasteiger partial charge in [0, 0.05) is 13.1 Å². The van der Waals surface area contributed by atoms with Crippen LogP contribution in [0.1, 0.15) is 36.3 Å². The topological polar surface area (TPSA) is 108 Å². The molecular formula is C20H23N5O4. The molecule has 3 aliphatic heterocycles. The smallest absolute Gasteiger partial charge is 0.354 e. The lowest BCUT2D eigenvalue weighted by atomic mass is 10.1. The van der Waals surface area contributed by atoms with Crippen LogP contribution in [0.4, 0.5) is 22.1 Å². The van der Waals surface area contributed by atoms with Crippen molar-refractivity contribution in [3.05, 3.63) is 35.7 Å². The number of aromatic nitrogens is 2. The molecule has 1 saturated heterocycles. The van der Waals surface area contributed by atoms with Gasteiger partial charge in [-0.3, -0.25) is 10.2 Å². The van der Waals surface area contributed by atoms with E-state index in [1.165, 1.54) is 6.07 Å². The number of pyridine rings is 2. The number of carbonyl (C=O) groups excluding carboxylic acids is 1. The Hall–Kier alpha value is -3.36. The number of carboxylic acids is 1. The van der Waals surface area contributed by atoms with Crippen molar-refractivity contribution in [3.8, 4) is 5.75 Å². The summed E-state index contributed by atoms with van der Waals surface area (Å²) >= 11 is 0. The number of anilines is 3. The summed E-state index contributed by atoms with van der Waals surface area (Å²) in [7, 11) is 0. The van der Waals surface area contributed by atoms with Gasteiger partial charge >= 0.3 is 12.0 Å². The molecule has 2 aromatic heterocycles. The molecule has 9 heteroatoms. The van der Waals surface area contributed by atoms with Crippen LogP contribution in [0.2, 0.25) is 0 Å². The van der Waals surface area contributed by atoms with Crippen LogP contribution in [0.15, 0.2) is 24.4 Å². The number of nitrogens with zero attached hydrogens (tertiary/aromatic N) is 4. The number of hydrogen-bond acceptors (Lipinski definition) is 6. The summed E-state index contributed by atoms with van der Waals surface area (Å²) < 4.78 is 5.57. The Morgan fingerprint density at radius 3 is 3.00 bits per heavy atom. The molecule has 0 aromatic carbocycles. The van der Waals surface area contributed by atoms with Gasteiger partial charge in [-0.25, -0.2) is 19.6 Å². The van der Waals surface area contributed by atoms with Crippen LogP contribution in [0.5, 0.6) is 5.75 Å². The van der Waals surface area contributed by atoms with E-state index in [0.29, 0.717) is 24.8 Å². The molecule has 1 fully saturated rings. The zero-order valence-corrected chi connectivity index (χ0v) is 15.1. The third-order valence-electron chi connectivity index (χ3n) is 5.42. The highest BCUT2D eigenvalue weighted by Gasteiger charge is 2.40. The van der Waals surface area contributed by atoms with Gasteiger partial charge in [-0.15, -0.1) is 0 Å². The van der Waals surface area contributed by atoms with Crippen LogP contribution < -0.4 is 19.9 Å². The van der Waals surface area contributed by atoms with Gasteiger partial charge in [0.15, 0.2) is 11.5 Å². The number of aromatic carboxylic acids is 1. The summed E-state index contributed by atoms with van der Waals surface area (Å²) in [6.45, 7) is 2.20. The van der Waals surface area contributed by atoms with Gasteiger partial charge in [-0.05, 0) is 43.0 Å². The van der Waals surface area contributed by atoms with Crippen molar-refractivity contribution >= 4 is 29.3 Å². The van der Waals surface area contributed by atoms with E-state index in [0.717, 1.165) is 42.8 Å². The molecule has 1 atom stereocenters. The molecule has 3 aliphatic rings. The number of aryl methyl sites for hydroxylation is 1. The number of rotatable bonds is 2. The molecular weight excluding hydrogens is 374 g/mol. The predicted octanol–water partition coefficient (Wildman–Crippen LogP) is 2.77. The molecule has 1 unspecified atom stereocenters. The Kier molecular flexibility index (Phi) is 4.73. The zero-order valence-electron chi connectivity index (χ0n) is 15.1. The number of fused-ring (bicyclic) bond motifs is 5. The van der Waals surface area contributed by atoms with Crippen molar-refractivity contribution in [1.82, 2.24) is 9.97 Å². The number of nitrogens with one attached hydrogen (secondary N) is 1. The van der Waals surface area contributed by atoms with Crippen LogP contribution >= 0.6 is 0 Å². The molecule has 152 valence electrons. The number of carbonyl (C=O) groups is 2. The van der Waals surface area contributed by atoms with Gasteiger partial charge < -0.3 is 14.7 Å². The molecule has 29 heavy (non-hydrogen) atoms. The van der Waals surface area contributed by atoms with Crippen molar-refractivity contribution < 1.29 is 19.4 Å². The first-order chi connectivity index (χ1) is 13.6. The van der Waals surface area contributed by atoms with Crippen molar-refractivity contribution in [2.75, 3.05) is 34.8 Å². The van der Waals surface area contributed by atoms with Gasteiger partial charge in [-0.1, -0.05) is 7.43 Å². The standard InChI is InChI=1S/C19H19N5O4.CH4/c25-18(26)13-3-4-14-17(21-13)24(12-5-6-23(14)10-12)19(27)22-16-8-11-2-1-7-28-15(11)9-20-16;/h3-4,8-9,12H,1-2,5-7,10H2,(H,25,26)(H,20,22,27);1H4. The van der Waals surface area contributed by atoms with Crippen LogP contribution in [-0.2, 0) is 6.42 Å². The maximum Gasteiger partial charge on any atom is 0.354 e. The molecule has 2 amide bonds. The minimum absolute atomic E-state index is 0. The van der Waals surface area contributed by atoms with Crippen LogP contribution in [0.3, 0.4) is 0 Å². The van der Waals surface area contributed by atoms with E-state index in [9.17, 15) is 14.7 Å². The SMILES string of the molecule is C.O=C(O)c1ccc2c(n1)N(C(=O)Nc1cc3c(cn1)OCCC3)C1CCN2C1. The van der Waals surface area contributed by atoms with E-state index in [4.69, 9.17) is 4.74 Å². The molecule has 0 aliphatic carbocycles. The Balaban J connectivity index is 0.00000205. The van der Waals surface area contributed by atoms with Crippen LogP contribution in [0, 0.1) is 0 Å². The normalized spacial score (nSPS) is 18.8. The Labute approximate surface area is 168 Å². The van der Waals surface area contributed by atoms with E-state index in [-0.39, 0.29) is 25.2 Å². The Bertz CT molecular complexity index is 979. The second-order valence-corrected chi connectivity index (χ2v) is 7.16. The van der Waals surface area contributed by atoms with Crippen molar-refractivity contribution in [1.29, 1.82) is 0 Å². The van der Waals surface area contributed by atoms with E-state index in [2.05, 4.69) is 20.2 Å². The Morgan fingerprint density at radius 1 is 1.31 bits per heavy atom. The second kappa shape index (κ2) is 7.23. The summed E-state index contributed by atoms with van der Waals surface area (Å²) in [5.74, 6) is 0.470. The number of amides is 2. The number of ether oxygens (including phenoxy) is 1. The lowest BCUT2D eigenvalue weighted by molar-refractivity contribution is 0.0690. The van der Waals surface area contributed by atoms with E-state index in [1.54, 1.807) is 17.2 Å². The fraction of sp³-hybridized carbons (Fsp3) is 0.400. The third kappa shape index (κ3) is 3.22. The number of urea groups is 1. The predicted molar refractivity (Wildman–Crippen MR) is 108 cm³/mol. The largest absolute Gasteiger partial charge is 0.492 e. The first kappa shape index (κ1) is 19.0. The molecule has 5 rings (SSSR count). The maximum atomic E-state index is 13.1. The summed E-state index contributed by atoms with van der Waals surface area (Å²) in [6, 6.07) is 4.62. The van der Waals surface area contributed by atoms with E-state index in [1.807, 2.05) is 6.07 Å². The average molecular weight is 397 g/mol. The van der Waals surface area contributed by atoms with E-state index >= 15 is 0 Å². The van der Waals surface area contributed by atoms with Crippen LogP contribution in [0.25, 0.3) is 0 Å². The molecule has 0 spiro atoms. The van der Waals surface area contributed by atoms with Gasteiger partial charge in [0.25, 0.3) is 0 Å². The molecule has 9 nitrogen and oxygen atoms in total. The van der Waals surface area contributed by atoms with E-state index < -0.39 is 5.97 Å². The fourth-order valence-electron chi connectivity index (χ4n) is 4.08. The lowest BCUT2D eigenvalue weighted by Gasteiger charge is -2.35. The lowest BCUT2D eigenvalue weighted by Crippen LogP contribution is -2.48. The molecule has 5 heterocycles. The summed E-state index contributed by atoms with van der Waals surface area (Å²) in [5.41, 5.74) is 1.72. The van der Waals surface area contributed by atoms with Crippen molar-refractivity contribution in [2.24, 2.45) is 0 Å². The number of hydrogen-bond donors (Lipinski definition) is 2. The van der Waals surface area contributed by atoms with Gasteiger partial charge in [-0.2, -0.15) is 0 Å². The first-order valence-electron chi connectivity index (χ1n) is 9.31. The first-order valence-corrected chi connectivity index (χ1v) is 9.31. The van der Waals surface area contributed by atoms with Crippen molar-refractivity contribution in [2.45, 2.75) is 32.7 Å². The minimum Gasteiger partial charge on any atom is -0.492 e. The molecule has 0 saturated carbocycles. The average Bonchev–Trinajstić information content (AvgIpc) is 3.12. The number of carboxylic acid groups (broad SMARTS) is 1. The van der Waals surface area contributed by atoms with Gasteiger partial charge in [0.1, 0.15) is 11.6 Å². The molecule has 2 N–H and O–H groups in total. The monoisotopic (exact) mass is 397 g/mol.